The number of likely N-dealkylation sites (tertiary alicyclic amines) is 1. The quantitative estimate of drug-likeness (QED) is 0.684. The lowest BCUT2D eigenvalue weighted by molar-refractivity contribution is -0.0459. The Balaban J connectivity index is 2.01. The summed E-state index contributed by atoms with van der Waals surface area (Å²) in [5.41, 5.74) is -0.589. The zero-order chi connectivity index (χ0) is 10.2. The second-order valence-electron chi connectivity index (χ2n) is 5.04. The first-order valence-corrected chi connectivity index (χ1v) is 5.68. The number of nitrogens with zero attached hydrogens (tertiary/aromatic N) is 1. The molecule has 0 bridgehead atoms. The topological polar surface area (TPSA) is 43.7 Å². The summed E-state index contributed by atoms with van der Waals surface area (Å²) < 4.78 is 0. The van der Waals surface area contributed by atoms with E-state index in [0.29, 0.717) is 12.5 Å². The number of aliphatic hydroxyl groups excluding tert-OH is 1. The summed E-state index contributed by atoms with van der Waals surface area (Å²) in [6.45, 7) is 1.28. The molecule has 3 nitrogen and oxygen atoms in total. The Morgan fingerprint density at radius 2 is 2.21 bits per heavy atom. The molecule has 2 fully saturated rings. The van der Waals surface area contributed by atoms with Gasteiger partial charge in [-0.2, -0.15) is 0 Å². The van der Waals surface area contributed by atoms with Crippen LogP contribution in [0.25, 0.3) is 0 Å². The molecule has 0 amide bonds. The van der Waals surface area contributed by atoms with Gasteiger partial charge in [-0.3, -0.25) is 0 Å². The predicted octanol–water partition coefficient (Wildman–Crippen LogP) is 0.604. The molecule has 0 spiro atoms. The maximum Gasteiger partial charge on any atom is 0.0684 e. The fourth-order valence-corrected chi connectivity index (χ4v) is 3.13. The number of fused-ring (bicyclic) bond motifs is 1. The molecule has 1 aliphatic heterocycles. The third-order valence-electron chi connectivity index (χ3n) is 4.11. The molecule has 14 heavy (non-hydrogen) atoms. The highest BCUT2D eigenvalue weighted by Crippen LogP contribution is 2.41. The van der Waals surface area contributed by atoms with Crippen molar-refractivity contribution in [3.05, 3.63) is 0 Å². The third-order valence-corrected chi connectivity index (χ3v) is 4.11. The van der Waals surface area contributed by atoms with Crippen molar-refractivity contribution in [1.29, 1.82) is 0 Å². The highest BCUT2D eigenvalue weighted by molar-refractivity contribution is 4.97. The lowest BCUT2D eigenvalue weighted by Gasteiger charge is -2.40. The van der Waals surface area contributed by atoms with Crippen LogP contribution in [-0.2, 0) is 0 Å². The summed E-state index contributed by atoms with van der Waals surface area (Å²) in [5, 5.41) is 19.2. The fraction of sp³-hybridized carbons (Fsp3) is 1.00. The van der Waals surface area contributed by atoms with Crippen LogP contribution >= 0.6 is 0 Å². The van der Waals surface area contributed by atoms with Gasteiger partial charge >= 0.3 is 0 Å². The number of rotatable bonds is 2. The molecular weight excluding hydrogens is 178 g/mol. The standard InChI is InChI=1S/C11H21NO2/c1-12-6-3-9-2-4-11(14,5-7-13)8-10(9)12/h9-10,13-14H,2-8H2,1H3. The van der Waals surface area contributed by atoms with Crippen LogP contribution in [0.5, 0.6) is 0 Å². The van der Waals surface area contributed by atoms with Crippen molar-refractivity contribution in [3.63, 3.8) is 0 Å². The Kier molecular flexibility index (Phi) is 2.82. The molecular formula is C11H21NO2. The molecule has 0 aromatic rings. The highest BCUT2D eigenvalue weighted by atomic mass is 16.3. The van der Waals surface area contributed by atoms with Gasteiger partial charge in [0.1, 0.15) is 0 Å². The molecule has 1 saturated carbocycles. The molecule has 2 aliphatic rings. The summed E-state index contributed by atoms with van der Waals surface area (Å²) >= 11 is 0. The van der Waals surface area contributed by atoms with E-state index in [1.165, 1.54) is 13.0 Å². The van der Waals surface area contributed by atoms with Crippen molar-refractivity contribution >= 4 is 0 Å². The average molecular weight is 199 g/mol. The molecule has 0 aromatic heterocycles. The summed E-state index contributed by atoms with van der Waals surface area (Å²) in [7, 11) is 2.15. The lowest BCUT2D eigenvalue weighted by Crippen LogP contribution is -2.45. The number of hydrogen-bond donors (Lipinski definition) is 2. The number of aliphatic hydroxyl groups is 2. The first-order valence-electron chi connectivity index (χ1n) is 5.68. The van der Waals surface area contributed by atoms with Crippen molar-refractivity contribution in [2.24, 2.45) is 5.92 Å². The van der Waals surface area contributed by atoms with Gasteiger partial charge in [-0.05, 0) is 51.6 Å². The van der Waals surface area contributed by atoms with Gasteiger partial charge in [0.2, 0.25) is 0 Å². The molecule has 0 radical (unpaired) electrons. The van der Waals surface area contributed by atoms with Crippen molar-refractivity contribution in [3.8, 4) is 0 Å². The maximum absolute atomic E-state index is 10.2. The Labute approximate surface area is 85.7 Å². The van der Waals surface area contributed by atoms with Gasteiger partial charge in [0.15, 0.2) is 0 Å². The van der Waals surface area contributed by atoms with Crippen molar-refractivity contribution in [1.82, 2.24) is 4.90 Å². The maximum atomic E-state index is 10.2. The van der Waals surface area contributed by atoms with E-state index in [1.807, 2.05) is 0 Å². The minimum Gasteiger partial charge on any atom is -0.396 e. The highest BCUT2D eigenvalue weighted by Gasteiger charge is 2.43. The monoisotopic (exact) mass is 199 g/mol. The van der Waals surface area contributed by atoms with E-state index in [1.54, 1.807) is 0 Å². The van der Waals surface area contributed by atoms with E-state index in [2.05, 4.69) is 11.9 Å². The number of hydrogen-bond acceptors (Lipinski definition) is 3. The molecule has 2 rings (SSSR count). The van der Waals surface area contributed by atoms with Crippen LogP contribution in [0.1, 0.15) is 32.1 Å². The minimum absolute atomic E-state index is 0.109. The Morgan fingerprint density at radius 3 is 2.93 bits per heavy atom. The zero-order valence-electron chi connectivity index (χ0n) is 8.95. The van der Waals surface area contributed by atoms with Gasteiger partial charge in [0, 0.05) is 12.6 Å². The van der Waals surface area contributed by atoms with Gasteiger partial charge in [-0.1, -0.05) is 0 Å². The van der Waals surface area contributed by atoms with Crippen LogP contribution in [0.3, 0.4) is 0 Å². The molecule has 2 N–H and O–H groups in total. The molecule has 3 atom stereocenters. The molecule has 1 saturated heterocycles. The lowest BCUT2D eigenvalue weighted by atomic mass is 9.74. The van der Waals surface area contributed by atoms with Crippen LogP contribution in [0, 0.1) is 5.92 Å². The molecule has 1 aliphatic carbocycles. The Hall–Kier alpha value is -0.120. The third kappa shape index (κ3) is 1.81. The van der Waals surface area contributed by atoms with E-state index in [0.717, 1.165) is 25.2 Å². The molecule has 82 valence electrons. The van der Waals surface area contributed by atoms with Crippen LogP contribution in [-0.4, -0.2) is 47.0 Å². The molecule has 0 aromatic carbocycles. The van der Waals surface area contributed by atoms with Gasteiger partial charge in [0.25, 0.3) is 0 Å². The van der Waals surface area contributed by atoms with Crippen molar-refractivity contribution in [2.75, 3.05) is 20.2 Å². The first-order chi connectivity index (χ1) is 6.64. The summed E-state index contributed by atoms with van der Waals surface area (Å²) in [6.07, 6.45) is 4.70. The van der Waals surface area contributed by atoms with Crippen LogP contribution in [0.4, 0.5) is 0 Å². The predicted molar refractivity (Wildman–Crippen MR) is 55.0 cm³/mol. The smallest absolute Gasteiger partial charge is 0.0684 e. The van der Waals surface area contributed by atoms with E-state index in [9.17, 15) is 5.11 Å². The SMILES string of the molecule is CN1CCC2CCC(O)(CCO)CC21. The van der Waals surface area contributed by atoms with E-state index in [4.69, 9.17) is 5.11 Å². The van der Waals surface area contributed by atoms with Crippen molar-refractivity contribution < 1.29 is 10.2 Å². The second-order valence-corrected chi connectivity index (χ2v) is 5.04. The van der Waals surface area contributed by atoms with E-state index in [-0.39, 0.29) is 6.61 Å². The summed E-state index contributed by atoms with van der Waals surface area (Å²) in [5.74, 6) is 0.791. The largest absolute Gasteiger partial charge is 0.396 e. The van der Waals surface area contributed by atoms with Gasteiger partial charge in [-0.15, -0.1) is 0 Å². The summed E-state index contributed by atoms with van der Waals surface area (Å²) in [6, 6.07) is 0.556. The molecule has 1 heterocycles. The molecule has 3 heteroatoms. The normalized spacial score (nSPS) is 43.9. The minimum atomic E-state index is -0.589. The van der Waals surface area contributed by atoms with Gasteiger partial charge < -0.3 is 15.1 Å². The average Bonchev–Trinajstić information content (AvgIpc) is 2.48. The summed E-state index contributed by atoms with van der Waals surface area (Å²) in [4.78, 5) is 2.37. The van der Waals surface area contributed by atoms with Crippen LogP contribution < -0.4 is 0 Å². The van der Waals surface area contributed by atoms with Gasteiger partial charge in [-0.25, -0.2) is 0 Å². The van der Waals surface area contributed by atoms with E-state index < -0.39 is 5.60 Å². The second kappa shape index (κ2) is 3.80. The van der Waals surface area contributed by atoms with Crippen LogP contribution in [0.2, 0.25) is 0 Å². The molecule has 3 unspecified atom stereocenters. The van der Waals surface area contributed by atoms with E-state index >= 15 is 0 Å². The zero-order valence-corrected chi connectivity index (χ0v) is 8.95. The first kappa shape index (κ1) is 10.4. The Morgan fingerprint density at radius 1 is 1.43 bits per heavy atom. The van der Waals surface area contributed by atoms with Crippen LogP contribution in [0.15, 0.2) is 0 Å². The fourth-order valence-electron chi connectivity index (χ4n) is 3.13. The Bertz CT molecular complexity index is 209. The van der Waals surface area contributed by atoms with Crippen molar-refractivity contribution in [2.45, 2.75) is 43.7 Å². The van der Waals surface area contributed by atoms with Gasteiger partial charge in [0.05, 0.1) is 5.60 Å².